The molecule has 7 heteroatoms. The Morgan fingerprint density at radius 1 is 1.33 bits per heavy atom. The Morgan fingerprint density at radius 2 is 1.93 bits per heavy atom. The molecule has 0 aliphatic heterocycles. The zero-order chi connectivity index (χ0) is 11.9. The highest BCUT2D eigenvalue weighted by Gasteiger charge is 2.27. The molecule has 0 aromatic rings. The number of rotatable bonds is 6. The first-order valence-electron chi connectivity index (χ1n) is 4.81. The van der Waals surface area contributed by atoms with E-state index in [0.717, 1.165) is 0 Å². The summed E-state index contributed by atoms with van der Waals surface area (Å²) < 4.78 is 24.8. The molecule has 1 N–H and O–H groups in total. The van der Waals surface area contributed by atoms with Crippen LogP contribution in [0.3, 0.4) is 0 Å². The maximum absolute atomic E-state index is 11.5. The Labute approximate surface area is 90.7 Å². The minimum absolute atomic E-state index is 0.389. The molecule has 0 fully saturated rings. The summed E-state index contributed by atoms with van der Waals surface area (Å²) in [5, 5.41) is 3.36. The molecule has 0 spiro atoms. The Kier molecular flexibility index (Phi) is 5.64. The fraction of sp³-hybridized carbons (Fsp3) is 1.00. The van der Waals surface area contributed by atoms with Gasteiger partial charge < -0.3 is 0 Å². The molecule has 0 aliphatic carbocycles. The fourth-order valence-corrected chi connectivity index (χ4v) is 1.62. The number of unbranched alkanes of at least 4 members (excludes halogenated alkanes) is 1. The second kappa shape index (κ2) is 5.95. The Morgan fingerprint density at radius 3 is 2.40 bits per heavy atom. The van der Waals surface area contributed by atoms with Gasteiger partial charge in [-0.25, -0.2) is 13.1 Å². The molecule has 0 unspecified atom stereocenters. The third kappa shape index (κ3) is 5.61. The van der Waals surface area contributed by atoms with Gasteiger partial charge in [-0.1, -0.05) is 5.11 Å². The number of hydrogen-bond donors (Lipinski definition) is 1. The number of hydrogen-bond acceptors (Lipinski definition) is 3. The lowest BCUT2D eigenvalue weighted by Crippen LogP contribution is -2.39. The highest BCUT2D eigenvalue weighted by Crippen LogP contribution is 2.12. The summed E-state index contributed by atoms with van der Waals surface area (Å²) in [6.45, 7) is 5.74. The first-order chi connectivity index (χ1) is 6.81. The monoisotopic (exact) mass is 234 g/mol. The maximum atomic E-state index is 11.5. The molecular formula is C8H18N4O2S. The van der Waals surface area contributed by atoms with Crippen molar-refractivity contribution in [2.75, 3.05) is 13.1 Å². The highest BCUT2D eigenvalue weighted by atomic mass is 32.2. The third-order valence-electron chi connectivity index (χ3n) is 1.85. The predicted octanol–water partition coefficient (Wildman–Crippen LogP) is 1.79. The van der Waals surface area contributed by atoms with Gasteiger partial charge in [0.25, 0.3) is 0 Å². The van der Waals surface area contributed by atoms with E-state index in [1.807, 2.05) is 0 Å². The summed E-state index contributed by atoms with van der Waals surface area (Å²) in [7, 11) is -3.24. The largest absolute Gasteiger partial charge is 0.216 e. The van der Waals surface area contributed by atoms with E-state index in [-0.39, 0.29) is 0 Å². The standard InChI is InChI=1S/C8H18N4O2S/c1-8(2,3)15(13,14)11-7-5-4-6-10-12-9/h11H,4-7H2,1-3H3. The van der Waals surface area contributed by atoms with Gasteiger partial charge in [-0.2, -0.15) is 0 Å². The van der Waals surface area contributed by atoms with Crippen molar-refractivity contribution in [3.63, 3.8) is 0 Å². The van der Waals surface area contributed by atoms with Crippen LogP contribution >= 0.6 is 0 Å². The van der Waals surface area contributed by atoms with Gasteiger partial charge in [0, 0.05) is 18.0 Å². The summed E-state index contributed by atoms with van der Waals surface area (Å²) in [5.74, 6) is 0. The fourth-order valence-electron chi connectivity index (χ4n) is 0.775. The Hall–Kier alpha value is -0.780. The summed E-state index contributed by atoms with van der Waals surface area (Å²) in [4.78, 5) is 2.61. The molecule has 0 bridgehead atoms. The lowest BCUT2D eigenvalue weighted by Gasteiger charge is -2.19. The summed E-state index contributed by atoms with van der Waals surface area (Å²) in [6, 6.07) is 0. The van der Waals surface area contributed by atoms with Crippen molar-refractivity contribution in [2.45, 2.75) is 38.4 Å². The van der Waals surface area contributed by atoms with Gasteiger partial charge in [-0.3, -0.25) is 0 Å². The molecule has 88 valence electrons. The van der Waals surface area contributed by atoms with Crippen LogP contribution in [0.15, 0.2) is 5.11 Å². The van der Waals surface area contributed by atoms with Crippen LogP contribution in [-0.2, 0) is 10.0 Å². The minimum Gasteiger partial charge on any atom is -0.215 e. The zero-order valence-corrected chi connectivity index (χ0v) is 10.2. The Balaban J connectivity index is 3.83. The summed E-state index contributed by atoms with van der Waals surface area (Å²) in [5.41, 5.74) is 8.01. The molecule has 0 atom stereocenters. The quantitative estimate of drug-likeness (QED) is 0.328. The maximum Gasteiger partial charge on any atom is 0.216 e. The van der Waals surface area contributed by atoms with Crippen LogP contribution < -0.4 is 4.72 Å². The van der Waals surface area contributed by atoms with Crippen LogP contribution in [0.1, 0.15) is 33.6 Å². The van der Waals surface area contributed by atoms with Crippen molar-refractivity contribution in [2.24, 2.45) is 5.11 Å². The summed E-state index contributed by atoms with van der Waals surface area (Å²) in [6.07, 6.45) is 1.37. The molecule has 0 saturated carbocycles. The van der Waals surface area contributed by atoms with Crippen molar-refractivity contribution in [3.8, 4) is 0 Å². The van der Waals surface area contributed by atoms with Crippen LogP contribution in [0.2, 0.25) is 0 Å². The highest BCUT2D eigenvalue weighted by molar-refractivity contribution is 7.90. The van der Waals surface area contributed by atoms with Gasteiger partial charge in [0.05, 0.1) is 4.75 Å². The van der Waals surface area contributed by atoms with Crippen molar-refractivity contribution < 1.29 is 8.42 Å². The van der Waals surface area contributed by atoms with Gasteiger partial charge in [0.2, 0.25) is 10.0 Å². The minimum atomic E-state index is -3.24. The van der Waals surface area contributed by atoms with Crippen LogP contribution in [-0.4, -0.2) is 26.3 Å². The molecule has 15 heavy (non-hydrogen) atoms. The number of azide groups is 1. The number of nitrogens with zero attached hydrogens (tertiary/aromatic N) is 3. The van der Waals surface area contributed by atoms with Gasteiger partial charge >= 0.3 is 0 Å². The molecular weight excluding hydrogens is 216 g/mol. The molecule has 0 radical (unpaired) electrons. The molecule has 6 nitrogen and oxygen atoms in total. The van der Waals surface area contributed by atoms with Crippen molar-refractivity contribution in [1.29, 1.82) is 0 Å². The second-order valence-electron chi connectivity index (χ2n) is 4.17. The topological polar surface area (TPSA) is 94.9 Å². The van der Waals surface area contributed by atoms with Gasteiger partial charge in [0.1, 0.15) is 0 Å². The third-order valence-corrected chi connectivity index (χ3v) is 4.04. The van der Waals surface area contributed by atoms with Crippen molar-refractivity contribution in [1.82, 2.24) is 4.72 Å². The summed E-state index contributed by atoms with van der Waals surface area (Å²) >= 11 is 0. The molecule has 0 aromatic carbocycles. The lowest BCUT2D eigenvalue weighted by atomic mass is 10.3. The lowest BCUT2D eigenvalue weighted by molar-refractivity contribution is 0.541. The molecule has 0 saturated heterocycles. The molecule has 0 aliphatic rings. The zero-order valence-electron chi connectivity index (χ0n) is 9.39. The van der Waals surface area contributed by atoms with Gasteiger partial charge in [-0.05, 0) is 39.1 Å². The van der Waals surface area contributed by atoms with Gasteiger partial charge in [-0.15, -0.1) is 0 Å². The molecule has 0 aromatic heterocycles. The molecule has 0 heterocycles. The van der Waals surface area contributed by atoms with E-state index in [2.05, 4.69) is 14.7 Å². The first kappa shape index (κ1) is 14.2. The van der Waals surface area contributed by atoms with E-state index in [0.29, 0.717) is 25.9 Å². The first-order valence-corrected chi connectivity index (χ1v) is 6.29. The van der Waals surface area contributed by atoms with Crippen LogP contribution in [0.4, 0.5) is 0 Å². The Bertz CT molecular complexity index is 325. The predicted molar refractivity (Wildman–Crippen MR) is 59.9 cm³/mol. The van der Waals surface area contributed by atoms with Crippen LogP contribution in [0, 0.1) is 0 Å². The van der Waals surface area contributed by atoms with Crippen molar-refractivity contribution >= 4 is 10.0 Å². The van der Waals surface area contributed by atoms with E-state index in [1.165, 1.54) is 0 Å². The smallest absolute Gasteiger partial charge is 0.215 e. The normalized spacial score (nSPS) is 12.2. The van der Waals surface area contributed by atoms with Crippen LogP contribution in [0.5, 0.6) is 0 Å². The van der Waals surface area contributed by atoms with Gasteiger partial charge in [0.15, 0.2) is 0 Å². The van der Waals surface area contributed by atoms with Crippen molar-refractivity contribution in [3.05, 3.63) is 10.4 Å². The number of nitrogens with one attached hydrogen (secondary N) is 1. The molecule has 0 amide bonds. The van der Waals surface area contributed by atoms with Crippen LogP contribution in [0.25, 0.3) is 10.4 Å². The molecule has 0 rings (SSSR count). The van der Waals surface area contributed by atoms with E-state index in [1.54, 1.807) is 20.8 Å². The average Bonchev–Trinajstić information content (AvgIpc) is 2.09. The SMILES string of the molecule is CC(C)(C)S(=O)(=O)NCCCCN=[N+]=[N-]. The van der Waals surface area contributed by atoms with E-state index in [4.69, 9.17) is 5.53 Å². The number of sulfonamides is 1. The average molecular weight is 234 g/mol. The van der Waals surface area contributed by atoms with E-state index in [9.17, 15) is 8.42 Å². The van der Waals surface area contributed by atoms with E-state index < -0.39 is 14.8 Å². The second-order valence-corrected chi connectivity index (χ2v) is 6.69. The van der Waals surface area contributed by atoms with E-state index >= 15 is 0 Å².